The van der Waals surface area contributed by atoms with Crippen LogP contribution in [0, 0.1) is 0 Å². The summed E-state index contributed by atoms with van der Waals surface area (Å²) in [6, 6.07) is 12.8. The van der Waals surface area contributed by atoms with Crippen molar-refractivity contribution in [2.24, 2.45) is 5.73 Å². The van der Waals surface area contributed by atoms with Crippen molar-refractivity contribution in [3.63, 3.8) is 0 Å². The zero-order chi connectivity index (χ0) is 15.9. The Kier molecular flexibility index (Phi) is 5.92. The van der Waals surface area contributed by atoms with Crippen molar-refractivity contribution in [1.29, 1.82) is 0 Å². The van der Waals surface area contributed by atoms with Crippen LogP contribution in [-0.2, 0) is 6.18 Å². The van der Waals surface area contributed by atoms with E-state index in [2.05, 4.69) is 11.1 Å². The lowest BCUT2D eigenvalue weighted by Crippen LogP contribution is -2.12. The van der Waals surface area contributed by atoms with Crippen LogP contribution in [0.1, 0.15) is 15.9 Å². The number of alkyl halides is 3. The first-order valence-electron chi connectivity index (χ1n) is 6.08. The van der Waals surface area contributed by atoms with Gasteiger partial charge in [0, 0.05) is 11.3 Å². The lowest BCUT2D eigenvalue weighted by atomic mass is 10.2. The standard InChI is InChI=1S/C14H10F3NO.CH5N/c15-14(16,17)11-6-8-12(9-7-11)18-13(19)10-4-2-1-3-5-10;1-2/h1-9H,(H,18,19);2H2,1H3. The highest BCUT2D eigenvalue weighted by Gasteiger charge is 2.29. The van der Waals surface area contributed by atoms with Gasteiger partial charge >= 0.3 is 6.18 Å². The maximum Gasteiger partial charge on any atom is 0.416 e. The fraction of sp³-hybridized carbons (Fsp3) is 0.133. The van der Waals surface area contributed by atoms with E-state index in [1.54, 1.807) is 30.3 Å². The fourth-order valence-electron chi connectivity index (χ4n) is 1.54. The first kappa shape index (κ1) is 16.7. The molecular formula is C15H15F3N2O. The number of carbonyl (C=O) groups is 1. The van der Waals surface area contributed by atoms with Gasteiger partial charge in [-0.05, 0) is 43.4 Å². The van der Waals surface area contributed by atoms with Crippen LogP contribution in [0.25, 0.3) is 0 Å². The van der Waals surface area contributed by atoms with Crippen LogP contribution in [0.3, 0.4) is 0 Å². The van der Waals surface area contributed by atoms with E-state index in [9.17, 15) is 18.0 Å². The molecule has 0 aliphatic heterocycles. The van der Waals surface area contributed by atoms with Crippen molar-refractivity contribution < 1.29 is 18.0 Å². The van der Waals surface area contributed by atoms with Crippen LogP contribution in [0.2, 0.25) is 0 Å². The van der Waals surface area contributed by atoms with Crippen LogP contribution in [0.15, 0.2) is 54.6 Å². The van der Waals surface area contributed by atoms with Crippen molar-refractivity contribution in [2.75, 3.05) is 12.4 Å². The maximum atomic E-state index is 12.4. The zero-order valence-electron chi connectivity index (χ0n) is 11.3. The number of carbonyl (C=O) groups excluding carboxylic acids is 1. The molecule has 0 saturated carbocycles. The molecule has 0 bridgehead atoms. The van der Waals surface area contributed by atoms with Crippen molar-refractivity contribution in [3.8, 4) is 0 Å². The minimum atomic E-state index is -4.37. The molecule has 6 heteroatoms. The van der Waals surface area contributed by atoms with Crippen LogP contribution >= 0.6 is 0 Å². The summed E-state index contributed by atoms with van der Waals surface area (Å²) in [6.45, 7) is 0. The molecule has 0 spiro atoms. The highest BCUT2D eigenvalue weighted by molar-refractivity contribution is 6.04. The van der Waals surface area contributed by atoms with E-state index < -0.39 is 11.7 Å². The van der Waals surface area contributed by atoms with Gasteiger partial charge in [0.05, 0.1) is 5.56 Å². The van der Waals surface area contributed by atoms with E-state index in [0.717, 1.165) is 12.1 Å². The predicted molar refractivity (Wildman–Crippen MR) is 76.0 cm³/mol. The minimum absolute atomic E-state index is 0.321. The molecule has 0 radical (unpaired) electrons. The second-order valence-corrected chi connectivity index (χ2v) is 3.90. The van der Waals surface area contributed by atoms with Gasteiger partial charge in [0.2, 0.25) is 0 Å². The lowest BCUT2D eigenvalue weighted by Gasteiger charge is -2.08. The first-order valence-corrected chi connectivity index (χ1v) is 6.08. The highest BCUT2D eigenvalue weighted by atomic mass is 19.4. The number of rotatable bonds is 2. The molecule has 2 aromatic carbocycles. The van der Waals surface area contributed by atoms with Gasteiger partial charge in [-0.25, -0.2) is 0 Å². The number of benzene rings is 2. The maximum absolute atomic E-state index is 12.4. The molecule has 0 saturated heterocycles. The molecule has 2 rings (SSSR count). The number of amides is 1. The largest absolute Gasteiger partial charge is 0.416 e. The molecule has 3 N–H and O–H groups in total. The summed E-state index contributed by atoms with van der Waals surface area (Å²) in [5.74, 6) is -0.361. The Labute approximate surface area is 120 Å². The summed E-state index contributed by atoms with van der Waals surface area (Å²) >= 11 is 0. The minimum Gasteiger partial charge on any atom is -0.333 e. The summed E-state index contributed by atoms with van der Waals surface area (Å²) < 4.78 is 37.1. The average Bonchev–Trinajstić information content (AvgIpc) is 2.50. The highest BCUT2D eigenvalue weighted by Crippen LogP contribution is 2.29. The van der Waals surface area contributed by atoms with E-state index >= 15 is 0 Å². The Balaban J connectivity index is 0.00000106. The molecule has 21 heavy (non-hydrogen) atoms. The molecule has 0 aliphatic carbocycles. The Hall–Kier alpha value is -2.34. The summed E-state index contributed by atoms with van der Waals surface area (Å²) in [7, 11) is 1.50. The van der Waals surface area contributed by atoms with Crippen LogP contribution in [0.4, 0.5) is 18.9 Å². The van der Waals surface area contributed by atoms with Crippen LogP contribution in [0.5, 0.6) is 0 Å². The van der Waals surface area contributed by atoms with Gasteiger partial charge < -0.3 is 11.1 Å². The molecule has 0 unspecified atom stereocenters. The van der Waals surface area contributed by atoms with E-state index in [-0.39, 0.29) is 5.91 Å². The number of halogens is 3. The number of hydrogen-bond acceptors (Lipinski definition) is 2. The van der Waals surface area contributed by atoms with Gasteiger partial charge in [0.1, 0.15) is 0 Å². The Morgan fingerprint density at radius 2 is 1.48 bits per heavy atom. The lowest BCUT2D eigenvalue weighted by molar-refractivity contribution is -0.137. The van der Waals surface area contributed by atoms with Crippen molar-refractivity contribution in [1.82, 2.24) is 0 Å². The Bertz CT molecular complexity index is 566. The quantitative estimate of drug-likeness (QED) is 0.890. The number of hydrogen-bond donors (Lipinski definition) is 2. The summed E-state index contributed by atoms with van der Waals surface area (Å²) in [4.78, 5) is 11.8. The van der Waals surface area contributed by atoms with Gasteiger partial charge in [0.25, 0.3) is 5.91 Å². The van der Waals surface area contributed by atoms with Crippen LogP contribution in [-0.4, -0.2) is 13.0 Å². The second kappa shape index (κ2) is 7.44. The number of nitrogens with two attached hydrogens (primary N) is 1. The van der Waals surface area contributed by atoms with Crippen molar-refractivity contribution >= 4 is 11.6 Å². The van der Waals surface area contributed by atoms with E-state index in [4.69, 9.17) is 0 Å². The SMILES string of the molecule is CN.O=C(Nc1ccc(C(F)(F)F)cc1)c1ccccc1. The molecular weight excluding hydrogens is 281 g/mol. The van der Waals surface area contributed by atoms with Crippen molar-refractivity contribution in [2.45, 2.75) is 6.18 Å². The molecule has 0 aromatic heterocycles. The molecule has 0 aliphatic rings. The van der Waals surface area contributed by atoms with Gasteiger partial charge in [-0.3, -0.25) is 4.79 Å². The number of nitrogens with one attached hydrogen (secondary N) is 1. The molecule has 1 amide bonds. The Morgan fingerprint density at radius 3 is 1.95 bits per heavy atom. The third-order valence-electron chi connectivity index (χ3n) is 2.51. The monoisotopic (exact) mass is 296 g/mol. The van der Waals surface area contributed by atoms with Gasteiger partial charge in [-0.2, -0.15) is 13.2 Å². The molecule has 0 heterocycles. The second-order valence-electron chi connectivity index (χ2n) is 3.90. The van der Waals surface area contributed by atoms with E-state index in [1.807, 2.05) is 0 Å². The van der Waals surface area contributed by atoms with E-state index in [1.165, 1.54) is 19.2 Å². The molecule has 2 aromatic rings. The van der Waals surface area contributed by atoms with Gasteiger partial charge in [0.15, 0.2) is 0 Å². The number of anilines is 1. The van der Waals surface area contributed by atoms with Crippen molar-refractivity contribution in [3.05, 3.63) is 65.7 Å². The first-order chi connectivity index (χ1) is 9.97. The third kappa shape index (κ3) is 4.92. The normalized spacial score (nSPS) is 10.3. The molecule has 3 nitrogen and oxygen atoms in total. The summed E-state index contributed by atoms with van der Waals surface area (Å²) in [5, 5.41) is 2.53. The van der Waals surface area contributed by atoms with E-state index in [0.29, 0.717) is 11.3 Å². The molecule has 112 valence electrons. The molecule has 0 fully saturated rings. The third-order valence-corrected chi connectivity index (χ3v) is 2.51. The van der Waals surface area contributed by atoms with Gasteiger partial charge in [-0.15, -0.1) is 0 Å². The zero-order valence-corrected chi connectivity index (χ0v) is 11.3. The van der Waals surface area contributed by atoms with Crippen LogP contribution < -0.4 is 11.1 Å². The molecule has 0 atom stereocenters. The summed E-state index contributed by atoms with van der Waals surface area (Å²) in [6.07, 6.45) is -4.37. The average molecular weight is 296 g/mol. The topological polar surface area (TPSA) is 55.1 Å². The fourth-order valence-corrected chi connectivity index (χ4v) is 1.54. The Morgan fingerprint density at radius 1 is 0.952 bits per heavy atom. The van der Waals surface area contributed by atoms with Gasteiger partial charge in [-0.1, -0.05) is 18.2 Å². The smallest absolute Gasteiger partial charge is 0.333 e. The summed E-state index contributed by atoms with van der Waals surface area (Å²) in [5.41, 5.74) is 4.52. The predicted octanol–water partition coefficient (Wildman–Crippen LogP) is 3.53.